The number of carbonyl (C=O) groups excluding carboxylic acids is 1. The van der Waals surface area contributed by atoms with Crippen molar-refractivity contribution in [2.75, 3.05) is 4.90 Å². The van der Waals surface area contributed by atoms with Gasteiger partial charge >= 0.3 is 12.0 Å². The van der Waals surface area contributed by atoms with Gasteiger partial charge in [-0.15, -0.1) is 0 Å². The Hall–Kier alpha value is -2.70. The van der Waals surface area contributed by atoms with Gasteiger partial charge in [0, 0.05) is 13.0 Å². The molecule has 0 saturated carbocycles. The second-order valence-electron chi connectivity index (χ2n) is 6.02. The molecule has 2 atom stereocenters. The first-order valence-electron chi connectivity index (χ1n) is 7.65. The van der Waals surface area contributed by atoms with Crippen LogP contribution in [0.1, 0.15) is 18.1 Å². The lowest BCUT2D eigenvalue weighted by Gasteiger charge is -2.37. The number of hydrogen-bond acceptors (Lipinski definition) is 3. The molecule has 1 N–H and O–H groups in total. The largest absolute Gasteiger partial charge is 0.618 e. The number of benzene rings is 2. The average molecular weight is 326 g/mol. The molecule has 2 unspecified atom stereocenters. The maximum atomic E-state index is 13.2. The zero-order chi connectivity index (χ0) is 17.5. The third kappa shape index (κ3) is 2.36. The number of urea groups is 1. The number of aryl methyl sites for hydroxylation is 1. The van der Waals surface area contributed by atoms with Gasteiger partial charge in [-0.05, 0) is 18.6 Å². The highest BCUT2D eigenvalue weighted by atomic mass is 16.6. The number of aliphatic carboxylic acids is 1. The second kappa shape index (κ2) is 5.74. The Bertz CT molecular complexity index is 803. The highest BCUT2D eigenvalue weighted by Crippen LogP contribution is 2.44. The zero-order valence-electron chi connectivity index (χ0n) is 13.5. The number of carboxylic acids is 1. The van der Waals surface area contributed by atoms with Crippen LogP contribution in [0, 0.1) is 12.1 Å². The van der Waals surface area contributed by atoms with Gasteiger partial charge in [0.05, 0.1) is 6.54 Å². The lowest BCUT2D eigenvalue weighted by atomic mass is 10.1. The summed E-state index contributed by atoms with van der Waals surface area (Å²) in [6.45, 7) is 3.46. The van der Waals surface area contributed by atoms with E-state index in [-0.39, 0.29) is 12.2 Å². The number of fused-ring (bicyclic) bond motifs is 1. The van der Waals surface area contributed by atoms with Crippen molar-refractivity contribution in [3.8, 4) is 0 Å². The normalized spacial score (nSPS) is 20.8. The van der Waals surface area contributed by atoms with Crippen molar-refractivity contribution < 1.29 is 14.7 Å². The number of amides is 2. The molecule has 2 amide bonds. The first kappa shape index (κ1) is 16.2. The Kier molecular flexibility index (Phi) is 3.87. The quantitative estimate of drug-likeness (QED) is 0.689. The van der Waals surface area contributed by atoms with Gasteiger partial charge in [-0.1, -0.05) is 42.0 Å². The molecule has 1 aliphatic heterocycles. The molecule has 0 spiro atoms. The molecule has 0 saturated heterocycles. The number of nitrogens with zero attached hydrogens (tertiary/aromatic N) is 2. The lowest BCUT2D eigenvalue weighted by Crippen LogP contribution is -2.58. The minimum atomic E-state index is -1.50. The molecule has 6 heteroatoms. The monoisotopic (exact) mass is 326 g/mol. The number of para-hydroxylation sites is 2. The number of carboxylic acid groups (broad SMARTS) is 1. The topological polar surface area (TPSA) is 80.7 Å². The van der Waals surface area contributed by atoms with E-state index in [0.29, 0.717) is 5.69 Å². The molecule has 0 fully saturated rings. The predicted molar refractivity (Wildman–Crippen MR) is 91.5 cm³/mol. The standard InChI is InChI=1S/C18H18N2O4/c1-12-7-9-14(10-8-12)11-19-15-5-3-4-6-16(15)20(24,18(19)23)13(2)17(21)22/h3-10,13H,11H2,1-2H3,(H,21,22). The highest BCUT2D eigenvalue weighted by Gasteiger charge is 2.51. The summed E-state index contributed by atoms with van der Waals surface area (Å²) < 4.78 is -1.50. The minimum absolute atomic E-state index is 0.171. The van der Waals surface area contributed by atoms with E-state index < -0.39 is 22.7 Å². The van der Waals surface area contributed by atoms with E-state index in [1.165, 1.54) is 17.9 Å². The first-order valence-corrected chi connectivity index (χ1v) is 7.65. The molecule has 1 aliphatic rings. The Morgan fingerprint density at radius 1 is 1.21 bits per heavy atom. The van der Waals surface area contributed by atoms with Crippen molar-refractivity contribution in [3.63, 3.8) is 0 Å². The van der Waals surface area contributed by atoms with Crippen LogP contribution in [0.4, 0.5) is 16.2 Å². The van der Waals surface area contributed by atoms with Crippen molar-refractivity contribution in [1.29, 1.82) is 0 Å². The van der Waals surface area contributed by atoms with Gasteiger partial charge in [-0.2, -0.15) is 0 Å². The Morgan fingerprint density at radius 3 is 2.46 bits per heavy atom. The van der Waals surface area contributed by atoms with Gasteiger partial charge in [-0.3, -0.25) is 4.90 Å². The van der Waals surface area contributed by atoms with Crippen molar-refractivity contribution in [2.45, 2.75) is 26.4 Å². The van der Waals surface area contributed by atoms with Gasteiger partial charge in [0.15, 0.2) is 11.7 Å². The summed E-state index contributed by atoms with van der Waals surface area (Å²) in [5, 5.41) is 22.5. The summed E-state index contributed by atoms with van der Waals surface area (Å²) in [6.07, 6.45) is 0. The van der Waals surface area contributed by atoms with E-state index in [0.717, 1.165) is 11.1 Å². The Labute approximate surface area is 139 Å². The van der Waals surface area contributed by atoms with Crippen molar-refractivity contribution in [3.05, 3.63) is 64.9 Å². The maximum absolute atomic E-state index is 13.2. The molecular weight excluding hydrogens is 308 g/mol. The van der Waals surface area contributed by atoms with Crippen LogP contribution in [-0.2, 0) is 11.3 Å². The summed E-state index contributed by atoms with van der Waals surface area (Å²) >= 11 is 0. The SMILES string of the molecule is Cc1ccc(CN2C(=O)[N+]([O-])(C(C)C(=O)O)c3ccccc32)cc1. The fourth-order valence-electron chi connectivity index (χ4n) is 2.92. The molecule has 0 bridgehead atoms. The Balaban J connectivity index is 2.04. The van der Waals surface area contributed by atoms with Crippen LogP contribution in [0.2, 0.25) is 0 Å². The number of rotatable bonds is 4. The predicted octanol–water partition coefficient (Wildman–Crippen LogP) is 3.41. The third-order valence-electron chi connectivity index (χ3n) is 4.41. The molecule has 2 aromatic rings. The van der Waals surface area contributed by atoms with Crippen LogP contribution < -0.4 is 9.55 Å². The molecule has 2 aromatic carbocycles. The maximum Gasteiger partial charge on any atom is 0.429 e. The summed E-state index contributed by atoms with van der Waals surface area (Å²) in [5.41, 5.74) is 2.61. The molecule has 0 radical (unpaired) electrons. The van der Waals surface area contributed by atoms with Crippen LogP contribution in [0.5, 0.6) is 0 Å². The molecule has 0 aromatic heterocycles. The number of hydroxylamine groups is 2. The van der Waals surface area contributed by atoms with Crippen LogP contribution in [0.3, 0.4) is 0 Å². The minimum Gasteiger partial charge on any atom is -0.618 e. The van der Waals surface area contributed by atoms with Gasteiger partial charge in [0.1, 0.15) is 5.69 Å². The average Bonchev–Trinajstić information content (AvgIpc) is 2.79. The molecule has 124 valence electrons. The summed E-state index contributed by atoms with van der Waals surface area (Å²) in [6, 6.07) is 12.0. The summed E-state index contributed by atoms with van der Waals surface area (Å²) in [7, 11) is 0. The van der Waals surface area contributed by atoms with E-state index in [1.807, 2.05) is 31.2 Å². The van der Waals surface area contributed by atoms with Crippen LogP contribution in [0.25, 0.3) is 0 Å². The van der Waals surface area contributed by atoms with Crippen molar-refractivity contribution >= 4 is 23.4 Å². The number of anilines is 1. The fraction of sp³-hybridized carbons (Fsp3) is 0.222. The van der Waals surface area contributed by atoms with Gasteiger partial charge in [0.2, 0.25) is 0 Å². The van der Waals surface area contributed by atoms with E-state index in [4.69, 9.17) is 0 Å². The number of quaternary nitrogens is 1. The lowest BCUT2D eigenvalue weighted by molar-refractivity contribution is -0.140. The smallest absolute Gasteiger partial charge is 0.429 e. The van der Waals surface area contributed by atoms with E-state index in [1.54, 1.807) is 18.2 Å². The van der Waals surface area contributed by atoms with E-state index in [9.17, 15) is 19.9 Å². The fourth-order valence-corrected chi connectivity index (χ4v) is 2.92. The summed E-state index contributed by atoms with van der Waals surface area (Å²) in [4.78, 5) is 25.6. The van der Waals surface area contributed by atoms with Crippen LogP contribution in [0.15, 0.2) is 48.5 Å². The third-order valence-corrected chi connectivity index (χ3v) is 4.41. The molecule has 3 rings (SSSR count). The van der Waals surface area contributed by atoms with Crippen molar-refractivity contribution in [2.24, 2.45) is 0 Å². The zero-order valence-corrected chi connectivity index (χ0v) is 13.5. The van der Waals surface area contributed by atoms with Gasteiger partial charge < -0.3 is 10.3 Å². The van der Waals surface area contributed by atoms with Crippen LogP contribution in [-0.4, -0.2) is 23.1 Å². The molecular formula is C18H18N2O4. The first-order chi connectivity index (χ1) is 11.4. The molecule has 6 nitrogen and oxygen atoms in total. The Morgan fingerprint density at radius 2 is 1.83 bits per heavy atom. The second-order valence-corrected chi connectivity index (χ2v) is 6.02. The van der Waals surface area contributed by atoms with E-state index in [2.05, 4.69) is 0 Å². The molecule has 24 heavy (non-hydrogen) atoms. The summed E-state index contributed by atoms with van der Waals surface area (Å²) in [5.74, 6) is -1.30. The van der Waals surface area contributed by atoms with Gasteiger partial charge in [-0.25, -0.2) is 14.2 Å². The highest BCUT2D eigenvalue weighted by molar-refractivity contribution is 6.12. The number of hydrogen-bond donors (Lipinski definition) is 1. The number of carbonyl (C=O) groups is 2. The van der Waals surface area contributed by atoms with Crippen LogP contribution >= 0.6 is 0 Å². The van der Waals surface area contributed by atoms with Crippen molar-refractivity contribution in [1.82, 2.24) is 4.65 Å². The molecule has 1 heterocycles. The molecule has 0 aliphatic carbocycles. The van der Waals surface area contributed by atoms with E-state index >= 15 is 0 Å². The van der Waals surface area contributed by atoms with Gasteiger partial charge in [0.25, 0.3) is 0 Å².